The normalized spacial score (nSPS) is 3.60. The summed E-state index contributed by atoms with van der Waals surface area (Å²) in [6.07, 6.45) is 0. The molecule has 0 amide bonds. The van der Waals surface area contributed by atoms with Crippen molar-refractivity contribution >= 4 is 0 Å². The molecule has 0 spiro atoms. The summed E-state index contributed by atoms with van der Waals surface area (Å²) >= 11 is 0. The molecule has 0 bridgehead atoms. The van der Waals surface area contributed by atoms with Gasteiger partial charge in [0.15, 0.2) is 0 Å². The summed E-state index contributed by atoms with van der Waals surface area (Å²) in [4.78, 5) is 0. The van der Waals surface area contributed by atoms with Gasteiger partial charge >= 0.3 is 29.6 Å². The van der Waals surface area contributed by atoms with Crippen molar-refractivity contribution in [2.24, 2.45) is 0 Å². The minimum absolute atomic E-state index is 0. The van der Waals surface area contributed by atoms with Gasteiger partial charge in [0.2, 0.25) is 0 Å². The van der Waals surface area contributed by atoms with Gasteiger partial charge in [0.05, 0.1) is 0 Å². The van der Waals surface area contributed by atoms with E-state index < -0.39 is 0 Å². The molecule has 4 nitrogen and oxygen atoms in total. The van der Waals surface area contributed by atoms with Gasteiger partial charge in [-0.2, -0.15) is 0 Å². The Morgan fingerprint density at radius 1 is 1.20 bits per heavy atom. The first-order chi connectivity index (χ1) is 1.41. The van der Waals surface area contributed by atoms with E-state index >= 15 is 0 Å². The largest absolute Gasteiger partial charge is 1.00 e. The predicted molar refractivity (Wildman–Crippen MR) is 8.28 cm³/mol. The second-order valence-corrected chi connectivity index (χ2v) is 0.0816. The fourth-order valence-electron chi connectivity index (χ4n) is 0. The van der Waals surface area contributed by atoms with Gasteiger partial charge in [-0.15, -0.1) is 0 Å². The molecule has 0 atom stereocenters. The Kier molecular flexibility index (Phi) is 71.5. The maximum Gasteiger partial charge on any atom is 1.00 e. The first kappa shape index (κ1) is 17.0. The average molecular weight is 90.0 g/mol. The molecule has 0 aromatic rings. The van der Waals surface area contributed by atoms with Gasteiger partial charge in [0.1, 0.15) is 0 Å². The average Bonchev–Trinajstić information content (AvgIpc) is 0.918. The Balaban J connectivity index is -0.0000000200. The molecule has 0 aliphatic carbocycles. The van der Waals surface area contributed by atoms with E-state index in [2.05, 4.69) is 5.04 Å². The van der Waals surface area contributed by atoms with E-state index in [1.54, 1.807) is 0 Å². The molecule has 0 saturated carbocycles. The molecule has 0 aliphatic rings. The minimum atomic E-state index is 0. The van der Waals surface area contributed by atoms with Crippen LogP contribution in [-0.2, 0) is 5.04 Å². The third-order valence-electron chi connectivity index (χ3n) is 0. The van der Waals surface area contributed by atoms with Crippen LogP contribution in [-0.4, -0.2) is 16.0 Å². The zero-order valence-corrected chi connectivity index (χ0v) is 4.75. The summed E-state index contributed by atoms with van der Waals surface area (Å²) in [6.45, 7) is 0. The van der Waals surface area contributed by atoms with E-state index in [0.29, 0.717) is 0 Å². The molecule has 3 N–H and O–H groups in total. The van der Waals surface area contributed by atoms with Crippen LogP contribution in [0.2, 0.25) is 0 Å². The fraction of sp³-hybridized carbons (Fsp3) is 0. The molecular weight excluding hydrogens is 87.0 g/mol. The summed E-state index contributed by atoms with van der Waals surface area (Å²) in [5, 5.41) is 15.5. The van der Waals surface area contributed by atoms with Gasteiger partial charge in [0, 0.05) is 0 Å². The van der Waals surface area contributed by atoms with Crippen molar-refractivity contribution in [2.75, 3.05) is 0 Å². The summed E-state index contributed by atoms with van der Waals surface area (Å²) in [5.74, 6) is 0. The monoisotopic (exact) mass is 90.0 g/mol. The Morgan fingerprint density at radius 3 is 1.20 bits per heavy atom. The summed E-state index contributed by atoms with van der Waals surface area (Å²) in [7, 11) is 0. The molecule has 0 heterocycles. The Hall–Kier alpha value is 0.840. The van der Waals surface area contributed by atoms with Crippen LogP contribution >= 0.6 is 0 Å². The fourth-order valence-corrected chi connectivity index (χ4v) is 0. The molecule has 0 aromatic carbocycles. The SMILES string of the molecule is OOO.[Na+].[OH-]. The van der Waals surface area contributed by atoms with E-state index in [0.717, 1.165) is 0 Å². The number of rotatable bonds is 0. The van der Waals surface area contributed by atoms with Crippen LogP contribution in [0.15, 0.2) is 0 Å². The smallest absolute Gasteiger partial charge is 0.870 e. The second kappa shape index (κ2) is 21.1. The summed E-state index contributed by atoms with van der Waals surface area (Å²) < 4.78 is 0. The van der Waals surface area contributed by atoms with Crippen LogP contribution < -0.4 is 29.6 Å². The van der Waals surface area contributed by atoms with Crippen LogP contribution in [0, 0.1) is 0 Å². The van der Waals surface area contributed by atoms with E-state index in [1.807, 2.05) is 0 Å². The predicted octanol–water partition coefficient (Wildman–Crippen LogP) is -3.22. The Bertz CT molecular complexity index is 3.61. The van der Waals surface area contributed by atoms with E-state index in [9.17, 15) is 0 Å². The van der Waals surface area contributed by atoms with Gasteiger partial charge in [-0.05, 0) is 0 Å². The van der Waals surface area contributed by atoms with E-state index in [1.165, 1.54) is 0 Å². The van der Waals surface area contributed by atoms with Gasteiger partial charge in [-0.3, -0.25) is 0 Å². The van der Waals surface area contributed by atoms with Gasteiger partial charge in [-0.1, -0.05) is 5.04 Å². The van der Waals surface area contributed by atoms with Crippen molar-refractivity contribution in [3.63, 3.8) is 0 Å². The number of hydrogen-bond donors (Lipinski definition) is 2. The maximum atomic E-state index is 6.62. The molecule has 0 aliphatic heterocycles. The van der Waals surface area contributed by atoms with Crippen molar-refractivity contribution in [3.05, 3.63) is 0 Å². The van der Waals surface area contributed by atoms with E-state index in [-0.39, 0.29) is 35.0 Å². The third kappa shape index (κ3) is 55.3. The molecule has 0 fully saturated rings. The summed E-state index contributed by atoms with van der Waals surface area (Å²) in [5.41, 5.74) is 0. The van der Waals surface area contributed by atoms with Crippen molar-refractivity contribution in [3.8, 4) is 0 Å². The zero-order chi connectivity index (χ0) is 2.71. The van der Waals surface area contributed by atoms with Crippen LogP contribution in [0.5, 0.6) is 0 Å². The molecule has 0 rings (SSSR count). The first-order valence-electron chi connectivity index (χ1n) is 0.365. The van der Waals surface area contributed by atoms with Crippen LogP contribution in [0.3, 0.4) is 0 Å². The van der Waals surface area contributed by atoms with Crippen LogP contribution in [0.4, 0.5) is 0 Å². The molecule has 5 heteroatoms. The quantitative estimate of drug-likeness (QED) is 0.186. The number of hydrogen-bond acceptors (Lipinski definition) is 4. The van der Waals surface area contributed by atoms with Gasteiger partial charge < -0.3 is 5.48 Å². The Morgan fingerprint density at radius 2 is 1.20 bits per heavy atom. The molecule has 5 heavy (non-hydrogen) atoms. The van der Waals surface area contributed by atoms with Gasteiger partial charge in [0.25, 0.3) is 0 Å². The third-order valence-corrected chi connectivity index (χ3v) is 0. The van der Waals surface area contributed by atoms with Crippen LogP contribution in [0.25, 0.3) is 0 Å². The first-order valence-corrected chi connectivity index (χ1v) is 0.365. The molecule has 0 aromatic heterocycles. The molecular formula is H3NaO4. The topological polar surface area (TPSA) is 79.7 Å². The molecule has 0 radical (unpaired) electrons. The van der Waals surface area contributed by atoms with E-state index in [4.69, 9.17) is 10.5 Å². The van der Waals surface area contributed by atoms with Crippen molar-refractivity contribution in [1.82, 2.24) is 0 Å². The van der Waals surface area contributed by atoms with Crippen LogP contribution in [0.1, 0.15) is 0 Å². The van der Waals surface area contributed by atoms with Crippen molar-refractivity contribution in [1.29, 1.82) is 0 Å². The minimum Gasteiger partial charge on any atom is -0.870 e. The van der Waals surface area contributed by atoms with Crippen molar-refractivity contribution in [2.45, 2.75) is 0 Å². The zero-order valence-electron chi connectivity index (χ0n) is 2.75. The molecule has 0 unspecified atom stereocenters. The standard InChI is InChI=1S/Na.H2O3.H2O/c;1-3-2;/h;1-2H;1H2/q+1;;/p-1. The summed E-state index contributed by atoms with van der Waals surface area (Å²) in [6, 6.07) is 0. The second-order valence-electron chi connectivity index (χ2n) is 0.0816. The van der Waals surface area contributed by atoms with Crippen molar-refractivity contribution < 1.29 is 50.6 Å². The molecule has 28 valence electrons. The Labute approximate surface area is 50.8 Å². The van der Waals surface area contributed by atoms with Gasteiger partial charge in [-0.25, -0.2) is 10.5 Å². The maximum absolute atomic E-state index is 6.62. The molecule has 0 saturated heterocycles.